The molecule has 0 aliphatic heterocycles. The average Bonchev–Trinajstić information content (AvgIpc) is 3.16. The molecular formula is C20H16F2N2O2S. The SMILES string of the molecule is C=CCNC(=O)c1csc(-c2cccc(OCc3ccc(F)cc3F)c2)n1. The molecule has 0 atom stereocenters. The van der Waals surface area contributed by atoms with E-state index in [0.29, 0.717) is 23.0 Å². The van der Waals surface area contributed by atoms with Gasteiger partial charge in [-0.3, -0.25) is 4.79 Å². The van der Waals surface area contributed by atoms with Crippen LogP contribution in [0.15, 0.2) is 60.5 Å². The fourth-order valence-corrected chi connectivity index (χ4v) is 3.08. The van der Waals surface area contributed by atoms with E-state index in [4.69, 9.17) is 4.74 Å². The van der Waals surface area contributed by atoms with Crippen molar-refractivity contribution in [2.24, 2.45) is 0 Å². The van der Waals surface area contributed by atoms with Crippen molar-refractivity contribution >= 4 is 17.2 Å². The van der Waals surface area contributed by atoms with E-state index in [-0.39, 0.29) is 18.1 Å². The Morgan fingerprint density at radius 3 is 2.89 bits per heavy atom. The first-order valence-corrected chi connectivity index (χ1v) is 8.96. The van der Waals surface area contributed by atoms with Crippen LogP contribution in [0.25, 0.3) is 10.6 Å². The fourth-order valence-electron chi connectivity index (χ4n) is 2.28. The van der Waals surface area contributed by atoms with E-state index in [0.717, 1.165) is 11.6 Å². The van der Waals surface area contributed by atoms with Crippen LogP contribution in [0.1, 0.15) is 16.1 Å². The third-order valence-electron chi connectivity index (χ3n) is 3.63. The van der Waals surface area contributed by atoms with Crippen molar-refractivity contribution < 1.29 is 18.3 Å². The van der Waals surface area contributed by atoms with Gasteiger partial charge < -0.3 is 10.1 Å². The Bertz CT molecular complexity index is 972. The second-order valence-electron chi connectivity index (χ2n) is 5.59. The number of rotatable bonds is 7. The Morgan fingerprint density at radius 2 is 2.11 bits per heavy atom. The number of nitrogens with zero attached hydrogens (tertiary/aromatic N) is 1. The number of halogens is 2. The summed E-state index contributed by atoms with van der Waals surface area (Å²) in [6, 6.07) is 10.5. The number of benzene rings is 2. The molecule has 4 nitrogen and oxygen atoms in total. The predicted octanol–water partition coefficient (Wildman–Crippen LogP) is 4.58. The molecule has 0 aliphatic carbocycles. The van der Waals surface area contributed by atoms with Crippen LogP contribution >= 0.6 is 11.3 Å². The van der Waals surface area contributed by atoms with Gasteiger partial charge in [-0.2, -0.15) is 0 Å². The minimum absolute atomic E-state index is 0.0252. The lowest BCUT2D eigenvalue weighted by atomic mass is 10.2. The van der Waals surface area contributed by atoms with Crippen LogP contribution in [0.5, 0.6) is 5.75 Å². The molecule has 3 rings (SSSR count). The Morgan fingerprint density at radius 1 is 1.26 bits per heavy atom. The van der Waals surface area contributed by atoms with Gasteiger partial charge in [0, 0.05) is 29.1 Å². The highest BCUT2D eigenvalue weighted by molar-refractivity contribution is 7.13. The molecule has 2 aromatic carbocycles. The fraction of sp³-hybridized carbons (Fsp3) is 0.100. The molecule has 1 N–H and O–H groups in total. The summed E-state index contributed by atoms with van der Waals surface area (Å²) in [6.45, 7) is 3.89. The molecule has 27 heavy (non-hydrogen) atoms. The van der Waals surface area contributed by atoms with E-state index in [1.807, 2.05) is 6.07 Å². The summed E-state index contributed by atoms with van der Waals surface area (Å²) in [6.07, 6.45) is 1.59. The maximum absolute atomic E-state index is 13.7. The van der Waals surface area contributed by atoms with Crippen molar-refractivity contribution in [2.75, 3.05) is 6.54 Å². The summed E-state index contributed by atoms with van der Waals surface area (Å²) >= 11 is 1.34. The topological polar surface area (TPSA) is 51.2 Å². The summed E-state index contributed by atoms with van der Waals surface area (Å²) < 4.78 is 32.3. The maximum Gasteiger partial charge on any atom is 0.271 e. The smallest absolute Gasteiger partial charge is 0.271 e. The van der Waals surface area contributed by atoms with E-state index in [1.165, 1.54) is 23.5 Å². The molecule has 138 valence electrons. The lowest BCUT2D eigenvalue weighted by Crippen LogP contribution is -2.23. The predicted molar refractivity (Wildman–Crippen MR) is 101 cm³/mol. The molecule has 1 amide bonds. The van der Waals surface area contributed by atoms with Gasteiger partial charge in [0.2, 0.25) is 0 Å². The van der Waals surface area contributed by atoms with E-state index >= 15 is 0 Å². The van der Waals surface area contributed by atoms with Gasteiger partial charge in [-0.1, -0.05) is 18.2 Å². The van der Waals surface area contributed by atoms with Crippen LogP contribution in [0.3, 0.4) is 0 Å². The highest BCUT2D eigenvalue weighted by Crippen LogP contribution is 2.27. The lowest BCUT2D eigenvalue weighted by molar-refractivity contribution is 0.0954. The van der Waals surface area contributed by atoms with Crippen LogP contribution in [0, 0.1) is 11.6 Å². The first-order valence-electron chi connectivity index (χ1n) is 8.08. The highest BCUT2D eigenvalue weighted by atomic mass is 32.1. The molecule has 0 spiro atoms. The van der Waals surface area contributed by atoms with Crippen LogP contribution in [-0.4, -0.2) is 17.4 Å². The molecule has 0 radical (unpaired) electrons. The van der Waals surface area contributed by atoms with Gasteiger partial charge in [-0.05, 0) is 24.3 Å². The van der Waals surface area contributed by atoms with Crippen molar-refractivity contribution in [1.29, 1.82) is 0 Å². The monoisotopic (exact) mass is 386 g/mol. The number of carbonyl (C=O) groups is 1. The van der Waals surface area contributed by atoms with Gasteiger partial charge in [0.25, 0.3) is 5.91 Å². The van der Waals surface area contributed by atoms with Gasteiger partial charge in [-0.15, -0.1) is 17.9 Å². The highest BCUT2D eigenvalue weighted by Gasteiger charge is 2.12. The lowest BCUT2D eigenvalue weighted by Gasteiger charge is -2.08. The van der Waals surface area contributed by atoms with Crippen molar-refractivity contribution in [1.82, 2.24) is 10.3 Å². The van der Waals surface area contributed by atoms with Gasteiger partial charge >= 0.3 is 0 Å². The third kappa shape index (κ3) is 4.77. The number of hydrogen-bond acceptors (Lipinski definition) is 4. The van der Waals surface area contributed by atoms with Crippen molar-refractivity contribution in [3.63, 3.8) is 0 Å². The zero-order valence-corrected chi connectivity index (χ0v) is 15.1. The molecule has 0 saturated carbocycles. The van der Waals surface area contributed by atoms with Crippen LogP contribution < -0.4 is 10.1 Å². The van der Waals surface area contributed by atoms with Crippen LogP contribution in [0.2, 0.25) is 0 Å². The number of hydrogen-bond donors (Lipinski definition) is 1. The Labute approximate surface area is 159 Å². The standard InChI is InChI=1S/C20H16F2N2O2S/c1-2-8-23-19(25)18-12-27-20(24-18)13-4-3-5-16(9-13)26-11-14-6-7-15(21)10-17(14)22/h2-7,9-10,12H,1,8,11H2,(H,23,25). The number of aromatic nitrogens is 1. The maximum atomic E-state index is 13.7. The number of ether oxygens (including phenoxy) is 1. The Kier molecular flexibility index (Phi) is 5.93. The minimum Gasteiger partial charge on any atom is -0.489 e. The van der Waals surface area contributed by atoms with Crippen molar-refractivity contribution in [3.8, 4) is 16.3 Å². The van der Waals surface area contributed by atoms with Crippen molar-refractivity contribution in [3.05, 3.63) is 83.4 Å². The molecule has 0 saturated heterocycles. The van der Waals surface area contributed by atoms with E-state index in [9.17, 15) is 13.6 Å². The second kappa shape index (κ2) is 8.55. The van der Waals surface area contributed by atoms with Crippen LogP contribution in [-0.2, 0) is 6.61 Å². The molecule has 3 aromatic rings. The summed E-state index contributed by atoms with van der Waals surface area (Å²) in [5.41, 5.74) is 1.37. The Balaban J connectivity index is 1.71. The molecular weight excluding hydrogens is 370 g/mol. The largest absolute Gasteiger partial charge is 0.489 e. The van der Waals surface area contributed by atoms with Gasteiger partial charge in [-0.25, -0.2) is 13.8 Å². The van der Waals surface area contributed by atoms with Gasteiger partial charge in [0.1, 0.15) is 34.7 Å². The molecule has 0 bridgehead atoms. The molecule has 1 heterocycles. The zero-order chi connectivity index (χ0) is 19.2. The quantitative estimate of drug-likeness (QED) is 0.605. The Hall–Kier alpha value is -3.06. The van der Waals surface area contributed by atoms with E-state index in [2.05, 4.69) is 16.9 Å². The zero-order valence-electron chi connectivity index (χ0n) is 14.2. The third-order valence-corrected chi connectivity index (χ3v) is 4.53. The molecule has 0 fully saturated rings. The summed E-state index contributed by atoms with van der Waals surface area (Å²) in [7, 11) is 0. The minimum atomic E-state index is -0.652. The molecule has 1 aromatic heterocycles. The first kappa shape index (κ1) is 18.7. The number of thiazole rings is 1. The summed E-state index contributed by atoms with van der Waals surface area (Å²) in [5, 5.41) is 5.01. The molecule has 0 aliphatic rings. The summed E-state index contributed by atoms with van der Waals surface area (Å²) in [5.74, 6) is -1.03. The summed E-state index contributed by atoms with van der Waals surface area (Å²) in [4.78, 5) is 16.3. The second-order valence-corrected chi connectivity index (χ2v) is 6.45. The molecule has 7 heteroatoms. The number of nitrogens with one attached hydrogen (secondary N) is 1. The molecule has 0 unspecified atom stereocenters. The van der Waals surface area contributed by atoms with Gasteiger partial charge in [0.05, 0.1) is 0 Å². The van der Waals surface area contributed by atoms with Crippen molar-refractivity contribution in [2.45, 2.75) is 6.61 Å². The average molecular weight is 386 g/mol. The normalized spacial score (nSPS) is 10.4. The number of amides is 1. The van der Waals surface area contributed by atoms with Crippen LogP contribution in [0.4, 0.5) is 8.78 Å². The van der Waals surface area contributed by atoms with E-state index in [1.54, 1.807) is 29.7 Å². The van der Waals surface area contributed by atoms with Gasteiger partial charge in [0.15, 0.2) is 0 Å². The van der Waals surface area contributed by atoms with E-state index < -0.39 is 11.6 Å². The number of carbonyl (C=O) groups excluding carboxylic acids is 1. The first-order chi connectivity index (χ1) is 13.1.